The summed E-state index contributed by atoms with van der Waals surface area (Å²) in [5.41, 5.74) is -0.159. The van der Waals surface area contributed by atoms with Gasteiger partial charge in [-0.2, -0.15) is 0 Å². The summed E-state index contributed by atoms with van der Waals surface area (Å²) in [6.45, 7) is 8.20. The molecule has 0 spiro atoms. The van der Waals surface area contributed by atoms with Crippen molar-refractivity contribution < 1.29 is 4.79 Å². The number of rotatable bonds is 9. The minimum absolute atomic E-state index is 0.159. The van der Waals surface area contributed by atoms with Crippen LogP contribution in [0.3, 0.4) is 0 Å². The van der Waals surface area contributed by atoms with Crippen LogP contribution in [0.2, 0.25) is 0 Å². The summed E-state index contributed by atoms with van der Waals surface area (Å²) in [6, 6.07) is 0. The maximum atomic E-state index is 11.8. The minimum atomic E-state index is -0.159. The quantitative estimate of drug-likeness (QED) is 0.557. The number of aromatic nitrogens is 3. The van der Waals surface area contributed by atoms with Gasteiger partial charge in [0.2, 0.25) is 5.91 Å². The number of nitrogens with one attached hydrogen (secondary N) is 1. The van der Waals surface area contributed by atoms with Gasteiger partial charge in [-0.05, 0) is 26.7 Å². The van der Waals surface area contributed by atoms with Gasteiger partial charge < -0.3 is 4.90 Å². The molecule has 1 aromatic heterocycles. The molecule has 0 radical (unpaired) electrons. The van der Waals surface area contributed by atoms with Crippen molar-refractivity contribution in [1.29, 1.82) is 0 Å². The van der Waals surface area contributed by atoms with Crippen molar-refractivity contribution in [1.82, 2.24) is 19.7 Å². The third-order valence-electron chi connectivity index (χ3n) is 3.05. The molecular formula is C13H24N4O2S. The van der Waals surface area contributed by atoms with Crippen LogP contribution in [0.1, 0.15) is 40.0 Å². The second-order valence-corrected chi connectivity index (χ2v) is 5.54. The van der Waals surface area contributed by atoms with E-state index in [0.29, 0.717) is 18.1 Å². The largest absolute Gasteiger partial charge is 0.343 e. The summed E-state index contributed by atoms with van der Waals surface area (Å²) in [5, 5.41) is 7.20. The van der Waals surface area contributed by atoms with Crippen LogP contribution in [0.5, 0.6) is 0 Å². The lowest BCUT2D eigenvalue weighted by Gasteiger charge is -2.18. The maximum absolute atomic E-state index is 11.8. The predicted octanol–water partition coefficient (Wildman–Crippen LogP) is 1.72. The second kappa shape index (κ2) is 8.84. The highest BCUT2D eigenvalue weighted by molar-refractivity contribution is 7.99. The molecule has 6 nitrogen and oxygen atoms in total. The van der Waals surface area contributed by atoms with Crippen molar-refractivity contribution in [3.8, 4) is 0 Å². The minimum Gasteiger partial charge on any atom is -0.343 e. The Labute approximate surface area is 123 Å². The standard InChI is InChI=1S/C13H24N4O2S/c1-4-9-17-12(19)14-15-13(17)20-10-7-8-11(18)16(5-2)6-3/h4-10H2,1-3H3,(H,14,19). The monoisotopic (exact) mass is 300 g/mol. The zero-order valence-electron chi connectivity index (χ0n) is 12.5. The summed E-state index contributed by atoms with van der Waals surface area (Å²) in [4.78, 5) is 25.2. The van der Waals surface area contributed by atoms with Gasteiger partial charge in [-0.25, -0.2) is 9.89 Å². The predicted molar refractivity (Wildman–Crippen MR) is 81.0 cm³/mol. The molecule has 0 bridgehead atoms. The second-order valence-electron chi connectivity index (χ2n) is 4.48. The molecule has 1 amide bonds. The van der Waals surface area contributed by atoms with Gasteiger partial charge >= 0.3 is 5.69 Å². The Balaban J connectivity index is 2.38. The van der Waals surface area contributed by atoms with E-state index in [-0.39, 0.29) is 11.6 Å². The first kappa shape index (κ1) is 16.8. The number of carbonyl (C=O) groups excluding carboxylic acids is 1. The molecule has 1 rings (SSSR count). The van der Waals surface area contributed by atoms with E-state index in [9.17, 15) is 9.59 Å². The molecule has 7 heteroatoms. The van der Waals surface area contributed by atoms with Gasteiger partial charge in [-0.15, -0.1) is 5.10 Å². The normalized spacial score (nSPS) is 10.8. The highest BCUT2D eigenvalue weighted by Gasteiger charge is 2.11. The number of nitrogens with zero attached hydrogens (tertiary/aromatic N) is 3. The summed E-state index contributed by atoms with van der Waals surface area (Å²) in [5.74, 6) is 0.990. The molecular weight excluding hydrogens is 276 g/mol. The molecule has 1 N–H and O–H groups in total. The van der Waals surface area contributed by atoms with Gasteiger partial charge in [0.25, 0.3) is 0 Å². The Morgan fingerprint density at radius 3 is 2.65 bits per heavy atom. The summed E-state index contributed by atoms with van der Waals surface area (Å²) in [7, 11) is 0. The topological polar surface area (TPSA) is 71.0 Å². The van der Waals surface area contributed by atoms with Crippen LogP contribution >= 0.6 is 11.8 Å². The first-order valence-electron chi connectivity index (χ1n) is 7.19. The molecule has 114 valence electrons. The fourth-order valence-corrected chi connectivity index (χ4v) is 2.87. The van der Waals surface area contributed by atoms with Crippen LogP contribution in [0.25, 0.3) is 0 Å². The van der Waals surface area contributed by atoms with Crippen LogP contribution in [0.4, 0.5) is 0 Å². The molecule has 0 aliphatic heterocycles. The number of carbonyl (C=O) groups is 1. The fraction of sp³-hybridized carbons (Fsp3) is 0.769. The average molecular weight is 300 g/mol. The van der Waals surface area contributed by atoms with Crippen molar-refractivity contribution in [2.24, 2.45) is 0 Å². The lowest BCUT2D eigenvalue weighted by atomic mass is 10.3. The van der Waals surface area contributed by atoms with Crippen LogP contribution in [0, 0.1) is 0 Å². The maximum Gasteiger partial charge on any atom is 0.343 e. The molecule has 1 heterocycles. The van der Waals surface area contributed by atoms with Crippen molar-refractivity contribution in [3.05, 3.63) is 10.5 Å². The smallest absolute Gasteiger partial charge is 0.343 e. The van der Waals surface area contributed by atoms with E-state index in [4.69, 9.17) is 0 Å². The third-order valence-corrected chi connectivity index (χ3v) is 4.12. The number of hydrogen-bond donors (Lipinski definition) is 1. The van der Waals surface area contributed by atoms with Crippen LogP contribution in [0.15, 0.2) is 9.95 Å². The van der Waals surface area contributed by atoms with Gasteiger partial charge in [0, 0.05) is 31.8 Å². The van der Waals surface area contributed by atoms with E-state index < -0.39 is 0 Å². The van der Waals surface area contributed by atoms with Crippen molar-refractivity contribution in [2.45, 2.75) is 51.7 Å². The van der Waals surface area contributed by atoms with E-state index in [1.807, 2.05) is 25.7 Å². The summed E-state index contributed by atoms with van der Waals surface area (Å²) < 4.78 is 1.65. The first-order valence-corrected chi connectivity index (χ1v) is 8.18. The zero-order chi connectivity index (χ0) is 15.0. The Bertz CT molecular complexity index is 465. The lowest BCUT2D eigenvalue weighted by molar-refractivity contribution is -0.130. The SMILES string of the molecule is CCCn1c(SCCCC(=O)N(CC)CC)n[nH]c1=O. The third kappa shape index (κ3) is 4.70. The molecule has 1 aromatic rings. The molecule has 0 unspecified atom stereocenters. The van der Waals surface area contributed by atoms with Crippen LogP contribution in [-0.4, -0.2) is 44.4 Å². The van der Waals surface area contributed by atoms with Gasteiger partial charge in [0.15, 0.2) is 5.16 Å². The highest BCUT2D eigenvalue weighted by Crippen LogP contribution is 2.15. The highest BCUT2D eigenvalue weighted by atomic mass is 32.2. The summed E-state index contributed by atoms with van der Waals surface area (Å²) >= 11 is 1.53. The molecule has 0 fully saturated rings. The molecule has 20 heavy (non-hydrogen) atoms. The van der Waals surface area contributed by atoms with Gasteiger partial charge in [-0.1, -0.05) is 18.7 Å². The van der Waals surface area contributed by atoms with Crippen LogP contribution in [-0.2, 0) is 11.3 Å². The Kier molecular flexibility index (Phi) is 7.43. The number of aromatic amines is 1. The van der Waals surface area contributed by atoms with E-state index >= 15 is 0 Å². The number of thioether (sulfide) groups is 1. The molecule has 0 atom stereocenters. The Hall–Kier alpha value is -1.24. The summed E-state index contributed by atoms with van der Waals surface area (Å²) in [6.07, 6.45) is 2.25. The Morgan fingerprint density at radius 1 is 1.35 bits per heavy atom. The molecule has 0 aliphatic carbocycles. The lowest BCUT2D eigenvalue weighted by Crippen LogP contribution is -2.30. The van der Waals surface area contributed by atoms with Gasteiger partial charge in [0.1, 0.15) is 0 Å². The Morgan fingerprint density at radius 2 is 2.05 bits per heavy atom. The van der Waals surface area contributed by atoms with Crippen LogP contribution < -0.4 is 5.69 Å². The van der Waals surface area contributed by atoms with Crippen molar-refractivity contribution in [3.63, 3.8) is 0 Å². The van der Waals surface area contributed by atoms with Gasteiger partial charge in [-0.3, -0.25) is 9.36 Å². The first-order chi connectivity index (χ1) is 9.63. The zero-order valence-corrected chi connectivity index (χ0v) is 13.3. The van der Waals surface area contributed by atoms with E-state index in [1.54, 1.807) is 4.57 Å². The van der Waals surface area contributed by atoms with E-state index in [2.05, 4.69) is 10.2 Å². The van der Waals surface area contributed by atoms with E-state index in [0.717, 1.165) is 31.7 Å². The van der Waals surface area contributed by atoms with Crippen molar-refractivity contribution in [2.75, 3.05) is 18.8 Å². The molecule has 0 saturated carbocycles. The average Bonchev–Trinajstić information content (AvgIpc) is 2.78. The van der Waals surface area contributed by atoms with E-state index in [1.165, 1.54) is 11.8 Å². The number of amides is 1. The fourth-order valence-electron chi connectivity index (χ4n) is 1.96. The number of H-pyrrole nitrogens is 1. The molecule has 0 aromatic carbocycles. The van der Waals surface area contributed by atoms with Gasteiger partial charge in [0.05, 0.1) is 0 Å². The molecule has 0 saturated heterocycles. The molecule has 0 aliphatic rings. The van der Waals surface area contributed by atoms with Crippen molar-refractivity contribution >= 4 is 17.7 Å². The number of hydrogen-bond acceptors (Lipinski definition) is 4.